The lowest BCUT2D eigenvalue weighted by Gasteiger charge is -2.18. The number of nitrogens with zero attached hydrogens (tertiary/aromatic N) is 5. The number of anilines is 1. The van der Waals surface area contributed by atoms with E-state index in [4.69, 9.17) is 18.6 Å². The molecule has 2 aliphatic rings. The van der Waals surface area contributed by atoms with Gasteiger partial charge in [0.15, 0.2) is 0 Å². The molecule has 3 aromatic rings. The lowest BCUT2D eigenvalue weighted by Crippen LogP contribution is -2.40. The van der Waals surface area contributed by atoms with Gasteiger partial charge in [0.25, 0.3) is 0 Å². The summed E-state index contributed by atoms with van der Waals surface area (Å²) in [5.74, 6) is 1.54. The zero-order valence-corrected chi connectivity index (χ0v) is 16.8. The lowest BCUT2D eigenvalue weighted by molar-refractivity contribution is 0.0611. The minimum absolute atomic E-state index is 0.0720. The lowest BCUT2D eigenvalue weighted by atomic mass is 10.1. The highest BCUT2D eigenvalue weighted by Gasteiger charge is 2.49. The van der Waals surface area contributed by atoms with Gasteiger partial charge < -0.3 is 28.8 Å². The molecule has 4 heterocycles. The highest BCUT2D eigenvalue weighted by Crippen LogP contribution is 2.36. The van der Waals surface area contributed by atoms with Crippen LogP contribution in [0, 0.1) is 0 Å². The number of tetrazole rings is 1. The van der Waals surface area contributed by atoms with Crippen molar-refractivity contribution >= 4 is 5.69 Å². The molecule has 10 nitrogen and oxygen atoms in total. The monoisotopic (exact) mass is 412 g/mol. The van der Waals surface area contributed by atoms with Gasteiger partial charge in [-0.15, -0.1) is 0 Å². The van der Waals surface area contributed by atoms with E-state index in [9.17, 15) is 0 Å². The fourth-order valence-electron chi connectivity index (χ4n) is 3.90. The van der Waals surface area contributed by atoms with Crippen molar-refractivity contribution in [3.8, 4) is 11.8 Å². The predicted molar refractivity (Wildman–Crippen MR) is 107 cm³/mol. The molecule has 0 unspecified atom stereocenters. The Kier molecular flexibility index (Phi) is 5.11. The number of rotatable bonds is 7. The van der Waals surface area contributed by atoms with Crippen LogP contribution in [-0.2, 0) is 16.0 Å². The van der Waals surface area contributed by atoms with Gasteiger partial charge in [0, 0.05) is 25.8 Å². The summed E-state index contributed by atoms with van der Waals surface area (Å²) in [4.78, 5) is 2.01. The van der Waals surface area contributed by atoms with Crippen LogP contribution in [0.4, 0.5) is 5.69 Å². The summed E-state index contributed by atoms with van der Waals surface area (Å²) in [5, 5.41) is 15.5. The van der Waals surface area contributed by atoms with Crippen molar-refractivity contribution in [2.75, 3.05) is 32.2 Å². The summed E-state index contributed by atoms with van der Waals surface area (Å²) >= 11 is 0. The number of fused-ring (bicyclic) bond motifs is 1. The Morgan fingerprint density at radius 3 is 2.90 bits per heavy atom. The molecule has 4 atom stereocenters. The molecule has 0 amide bonds. The Balaban J connectivity index is 1.27. The maximum atomic E-state index is 6.05. The normalized spacial score (nSPS) is 25.4. The number of nitrogens with one attached hydrogen (secondary N) is 1. The average molecular weight is 412 g/mol. The highest BCUT2D eigenvalue weighted by atomic mass is 16.6. The van der Waals surface area contributed by atoms with Crippen LogP contribution in [-0.4, -0.2) is 65.8 Å². The molecule has 0 radical (unpaired) electrons. The number of furan rings is 1. The first-order valence-corrected chi connectivity index (χ1v) is 9.91. The molecule has 2 fully saturated rings. The molecule has 10 heteroatoms. The van der Waals surface area contributed by atoms with Gasteiger partial charge in [0.1, 0.15) is 29.8 Å². The maximum Gasteiger partial charge on any atom is 0.341 e. The van der Waals surface area contributed by atoms with Gasteiger partial charge in [0.2, 0.25) is 0 Å². The molecule has 0 aliphatic carbocycles. The predicted octanol–water partition coefficient (Wildman–Crippen LogP) is 1.62. The van der Waals surface area contributed by atoms with Crippen molar-refractivity contribution in [1.29, 1.82) is 0 Å². The van der Waals surface area contributed by atoms with E-state index in [-0.39, 0.29) is 24.3 Å². The van der Waals surface area contributed by atoms with Crippen molar-refractivity contribution in [2.24, 2.45) is 0 Å². The topological polar surface area (TPSA) is 99.7 Å². The van der Waals surface area contributed by atoms with E-state index in [0.29, 0.717) is 31.5 Å². The minimum Gasteiger partial charge on any atom is -0.468 e. The van der Waals surface area contributed by atoms with E-state index in [1.807, 2.05) is 55.4 Å². The summed E-state index contributed by atoms with van der Waals surface area (Å²) in [5.41, 5.74) is 1.03. The Bertz CT molecular complexity index is 975. The van der Waals surface area contributed by atoms with Crippen LogP contribution in [0.2, 0.25) is 0 Å². The molecule has 158 valence electrons. The minimum atomic E-state index is -0.160. The molecular weight excluding hydrogens is 388 g/mol. The van der Waals surface area contributed by atoms with Gasteiger partial charge in [-0.05, 0) is 34.7 Å². The Labute approximate surface area is 173 Å². The molecule has 2 aliphatic heterocycles. The van der Waals surface area contributed by atoms with Crippen LogP contribution in [0.5, 0.6) is 11.8 Å². The van der Waals surface area contributed by atoms with Gasteiger partial charge in [-0.25, -0.2) is 0 Å². The quantitative estimate of drug-likeness (QED) is 0.620. The van der Waals surface area contributed by atoms with Gasteiger partial charge in [-0.1, -0.05) is 11.2 Å². The van der Waals surface area contributed by atoms with E-state index >= 15 is 0 Å². The second-order valence-electron chi connectivity index (χ2n) is 7.63. The highest BCUT2D eigenvalue weighted by molar-refractivity contribution is 5.49. The van der Waals surface area contributed by atoms with Gasteiger partial charge >= 0.3 is 6.01 Å². The second-order valence-corrected chi connectivity index (χ2v) is 7.63. The molecule has 2 aromatic heterocycles. The smallest absolute Gasteiger partial charge is 0.341 e. The first kappa shape index (κ1) is 19.0. The van der Waals surface area contributed by atoms with E-state index in [2.05, 4.69) is 20.8 Å². The van der Waals surface area contributed by atoms with Crippen molar-refractivity contribution in [1.82, 2.24) is 25.5 Å². The number of ether oxygens (including phenoxy) is 3. The van der Waals surface area contributed by atoms with Crippen LogP contribution in [0.15, 0.2) is 47.1 Å². The van der Waals surface area contributed by atoms with Crippen LogP contribution in [0.25, 0.3) is 0 Å². The maximum absolute atomic E-state index is 6.05. The first-order valence-electron chi connectivity index (χ1n) is 9.91. The molecule has 0 saturated carbocycles. The zero-order valence-electron chi connectivity index (χ0n) is 16.8. The van der Waals surface area contributed by atoms with Gasteiger partial charge in [-0.2, -0.15) is 4.68 Å². The van der Waals surface area contributed by atoms with Crippen LogP contribution >= 0.6 is 0 Å². The summed E-state index contributed by atoms with van der Waals surface area (Å²) in [6.45, 7) is 1.63. The van der Waals surface area contributed by atoms with Crippen LogP contribution in [0.1, 0.15) is 11.8 Å². The summed E-state index contributed by atoms with van der Waals surface area (Å²) in [6, 6.07) is 11.8. The molecule has 30 heavy (non-hydrogen) atoms. The Morgan fingerprint density at radius 2 is 2.07 bits per heavy atom. The summed E-state index contributed by atoms with van der Waals surface area (Å²) < 4.78 is 25.1. The molecule has 1 N–H and O–H groups in total. The van der Waals surface area contributed by atoms with Crippen molar-refractivity contribution < 1.29 is 18.6 Å². The second kappa shape index (κ2) is 8.05. The first-order chi connectivity index (χ1) is 14.7. The third-order valence-electron chi connectivity index (χ3n) is 5.47. The Hall–Kier alpha value is -2.95. The number of aromatic nitrogens is 4. The van der Waals surface area contributed by atoms with Crippen LogP contribution < -0.4 is 15.0 Å². The standard InChI is InChI=1S/C20H24N6O4/c1-25(2)13-5-3-6-14(9-13)30-20-22-23-24-26(20)17-12-29-18-16(11-28-19(17)18)21-10-15-7-4-8-27-15/h3-9,16-19,21H,10-12H2,1-2H3/t16-,17-,18+,19+/m0/s1. The van der Waals surface area contributed by atoms with Gasteiger partial charge in [-0.3, -0.25) is 0 Å². The van der Waals surface area contributed by atoms with Gasteiger partial charge in [0.05, 0.1) is 32.1 Å². The molecule has 5 rings (SSSR count). The fourth-order valence-corrected chi connectivity index (χ4v) is 3.90. The van der Waals surface area contributed by atoms with E-state index in [1.165, 1.54) is 0 Å². The molecule has 2 saturated heterocycles. The van der Waals surface area contributed by atoms with Crippen molar-refractivity contribution in [3.63, 3.8) is 0 Å². The molecule has 1 aromatic carbocycles. The number of hydrogen-bond acceptors (Lipinski definition) is 9. The molecular formula is C20H24N6O4. The summed E-state index contributed by atoms with van der Waals surface area (Å²) in [7, 11) is 3.96. The SMILES string of the molecule is CN(C)c1cccc(Oc2nnnn2[C@H]2CO[C@H]3[C@@H]2OC[C@@H]3NCc2ccco2)c1. The van der Waals surface area contributed by atoms with Crippen molar-refractivity contribution in [3.05, 3.63) is 48.4 Å². The third-order valence-corrected chi connectivity index (χ3v) is 5.47. The van der Waals surface area contributed by atoms with E-state index in [1.54, 1.807) is 10.9 Å². The van der Waals surface area contributed by atoms with Crippen molar-refractivity contribution in [2.45, 2.75) is 30.8 Å². The fraction of sp³-hybridized carbons (Fsp3) is 0.450. The Morgan fingerprint density at radius 1 is 1.17 bits per heavy atom. The van der Waals surface area contributed by atoms with Crippen LogP contribution in [0.3, 0.4) is 0 Å². The number of benzene rings is 1. The van der Waals surface area contributed by atoms with E-state index in [0.717, 1.165) is 11.4 Å². The third kappa shape index (κ3) is 3.64. The summed E-state index contributed by atoms with van der Waals surface area (Å²) in [6.07, 6.45) is 1.43. The molecule has 0 spiro atoms. The van der Waals surface area contributed by atoms with E-state index < -0.39 is 0 Å². The number of hydrogen-bond donors (Lipinski definition) is 1. The average Bonchev–Trinajstić information content (AvgIpc) is 3.52. The largest absolute Gasteiger partial charge is 0.468 e. The molecule has 0 bridgehead atoms. The zero-order chi connectivity index (χ0) is 20.5.